The number of aryl methyl sites for hydroxylation is 2. The summed E-state index contributed by atoms with van der Waals surface area (Å²) >= 11 is 0. The molecular weight excluding hydrogens is 384 g/mol. The summed E-state index contributed by atoms with van der Waals surface area (Å²) in [6.07, 6.45) is 0.950. The first-order valence-electron chi connectivity index (χ1n) is 11.0. The Balaban J connectivity index is 1.37. The molecule has 4 nitrogen and oxygen atoms in total. The van der Waals surface area contributed by atoms with Gasteiger partial charge in [-0.3, -0.25) is 4.79 Å². The first kappa shape index (κ1) is 21.1. The lowest BCUT2D eigenvalue weighted by Crippen LogP contribution is -3.14. The number of rotatable bonds is 6. The minimum absolute atomic E-state index is 0.438. The van der Waals surface area contributed by atoms with E-state index in [4.69, 9.17) is 4.74 Å². The molecule has 3 aromatic rings. The fourth-order valence-corrected chi connectivity index (χ4v) is 4.44. The molecule has 0 amide bonds. The Morgan fingerprint density at radius 2 is 1.55 bits per heavy atom. The van der Waals surface area contributed by atoms with E-state index in [1.54, 1.807) is 4.90 Å². The number of nitrogens with one attached hydrogen (secondary N) is 1. The minimum Gasteiger partial charge on any atom is -0.457 e. The van der Waals surface area contributed by atoms with Crippen molar-refractivity contribution in [2.45, 2.75) is 26.8 Å². The molecule has 1 aliphatic rings. The molecule has 3 aromatic carbocycles. The van der Waals surface area contributed by atoms with Crippen LogP contribution in [0.5, 0.6) is 11.5 Å². The maximum Gasteiger partial charge on any atom is 0.150 e. The largest absolute Gasteiger partial charge is 0.457 e. The van der Waals surface area contributed by atoms with Crippen molar-refractivity contribution in [3.63, 3.8) is 0 Å². The van der Waals surface area contributed by atoms with Crippen molar-refractivity contribution >= 4 is 12.0 Å². The summed E-state index contributed by atoms with van der Waals surface area (Å²) in [6.45, 7) is 10.7. The second kappa shape index (κ2) is 9.36. The first-order valence-corrected chi connectivity index (χ1v) is 11.0. The van der Waals surface area contributed by atoms with Gasteiger partial charge < -0.3 is 14.5 Å². The topological polar surface area (TPSA) is 34.0 Å². The van der Waals surface area contributed by atoms with E-state index in [0.717, 1.165) is 55.1 Å². The van der Waals surface area contributed by atoms with Crippen molar-refractivity contribution in [2.24, 2.45) is 0 Å². The fourth-order valence-electron chi connectivity index (χ4n) is 4.44. The maximum absolute atomic E-state index is 11.2. The third-order valence-corrected chi connectivity index (χ3v) is 6.43. The van der Waals surface area contributed by atoms with Gasteiger partial charge in [-0.1, -0.05) is 18.2 Å². The lowest BCUT2D eigenvalue weighted by atomic mass is 10.0. The number of ether oxygens (including phenoxy) is 1. The second-order valence-corrected chi connectivity index (χ2v) is 8.46. The Kier molecular flexibility index (Phi) is 6.38. The van der Waals surface area contributed by atoms with Crippen molar-refractivity contribution in [1.29, 1.82) is 0 Å². The molecule has 1 heterocycles. The van der Waals surface area contributed by atoms with Crippen LogP contribution in [0.15, 0.2) is 66.7 Å². The van der Waals surface area contributed by atoms with E-state index in [2.05, 4.69) is 49.1 Å². The third kappa shape index (κ3) is 4.80. The summed E-state index contributed by atoms with van der Waals surface area (Å²) in [4.78, 5) is 15.3. The molecule has 1 atom stereocenters. The van der Waals surface area contributed by atoms with Crippen molar-refractivity contribution in [3.05, 3.63) is 89.0 Å². The number of para-hydroxylation sites is 1. The van der Waals surface area contributed by atoms with Gasteiger partial charge in [0.25, 0.3) is 0 Å². The Morgan fingerprint density at radius 3 is 2.19 bits per heavy atom. The van der Waals surface area contributed by atoms with E-state index < -0.39 is 0 Å². The van der Waals surface area contributed by atoms with Crippen LogP contribution in [-0.4, -0.2) is 32.5 Å². The summed E-state index contributed by atoms with van der Waals surface area (Å²) < 4.78 is 5.92. The highest BCUT2D eigenvalue weighted by Gasteiger charge is 2.26. The normalized spacial score (nSPS) is 15.5. The van der Waals surface area contributed by atoms with Gasteiger partial charge in [0.05, 0.1) is 26.2 Å². The summed E-state index contributed by atoms with van der Waals surface area (Å²) in [7, 11) is 0. The summed E-state index contributed by atoms with van der Waals surface area (Å²) in [5, 5.41) is 0. The molecule has 0 aromatic heterocycles. The quantitative estimate of drug-likeness (QED) is 0.607. The maximum atomic E-state index is 11.2. The van der Waals surface area contributed by atoms with Crippen LogP contribution >= 0.6 is 0 Å². The van der Waals surface area contributed by atoms with E-state index in [9.17, 15) is 4.79 Å². The highest BCUT2D eigenvalue weighted by Crippen LogP contribution is 2.25. The molecule has 0 spiro atoms. The van der Waals surface area contributed by atoms with Crippen molar-refractivity contribution in [2.75, 3.05) is 31.1 Å². The molecule has 1 fully saturated rings. The number of anilines is 1. The van der Waals surface area contributed by atoms with Crippen LogP contribution in [0.4, 0.5) is 5.69 Å². The van der Waals surface area contributed by atoms with E-state index in [-0.39, 0.29) is 0 Å². The molecule has 0 unspecified atom stereocenters. The van der Waals surface area contributed by atoms with Crippen LogP contribution in [0.3, 0.4) is 0 Å². The molecule has 4 rings (SSSR count). The first-order chi connectivity index (χ1) is 15.0. The number of piperazine rings is 1. The zero-order valence-corrected chi connectivity index (χ0v) is 18.6. The molecular formula is C27H31N2O2+. The number of carbonyl (C=O) groups is 1. The van der Waals surface area contributed by atoms with Crippen molar-refractivity contribution in [1.82, 2.24) is 0 Å². The number of aldehydes is 1. The lowest BCUT2D eigenvalue weighted by molar-refractivity contribution is -0.930. The average Bonchev–Trinajstić information content (AvgIpc) is 2.81. The number of nitrogens with zero attached hydrogens (tertiary/aromatic N) is 1. The molecule has 1 aliphatic heterocycles. The SMILES string of the molecule is Cc1cc(N2CC[NH+]([C@H](C)c3ccc(Oc4ccccc4)cc3)CC2)c(C)cc1C=O. The zero-order valence-electron chi connectivity index (χ0n) is 18.6. The Hall–Kier alpha value is -3.11. The second-order valence-electron chi connectivity index (χ2n) is 8.46. The number of carbonyl (C=O) groups excluding carboxylic acids is 1. The molecule has 0 aliphatic carbocycles. The highest BCUT2D eigenvalue weighted by atomic mass is 16.5. The predicted octanol–water partition coefficient (Wildman–Crippen LogP) is 4.37. The van der Waals surface area contributed by atoms with Crippen molar-refractivity contribution in [3.8, 4) is 11.5 Å². The van der Waals surface area contributed by atoms with Gasteiger partial charge in [-0.15, -0.1) is 0 Å². The summed E-state index contributed by atoms with van der Waals surface area (Å²) in [5.41, 5.74) is 5.62. The predicted molar refractivity (Wildman–Crippen MR) is 126 cm³/mol. The molecule has 160 valence electrons. The van der Waals surface area contributed by atoms with Crippen LogP contribution in [0, 0.1) is 13.8 Å². The summed E-state index contributed by atoms with van der Waals surface area (Å²) in [6, 6.07) is 23.0. The van der Waals surface area contributed by atoms with Crippen molar-refractivity contribution < 1.29 is 14.4 Å². The zero-order chi connectivity index (χ0) is 21.8. The Labute approximate surface area is 185 Å². The van der Waals surface area contributed by atoms with Gasteiger partial charge in [0.1, 0.15) is 23.8 Å². The van der Waals surface area contributed by atoms with Gasteiger partial charge in [-0.25, -0.2) is 0 Å². The van der Waals surface area contributed by atoms with Gasteiger partial charge in [-0.2, -0.15) is 0 Å². The number of hydrogen-bond donors (Lipinski definition) is 1. The van der Waals surface area contributed by atoms with Crippen LogP contribution in [0.25, 0.3) is 0 Å². The van der Waals surface area contributed by atoms with E-state index >= 15 is 0 Å². The average molecular weight is 416 g/mol. The standard InChI is InChI=1S/C27H30N2O2/c1-20-18-27(21(2)17-24(20)19-30)29-15-13-28(14-16-29)22(3)23-9-11-26(12-10-23)31-25-7-5-4-6-8-25/h4-12,17-19,22H,13-16H2,1-3H3/p+1/t22-/m1/s1. The van der Waals surface area contributed by atoms with Crippen LogP contribution < -0.4 is 14.5 Å². The smallest absolute Gasteiger partial charge is 0.150 e. The third-order valence-electron chi connectivity index (χ3n) is 6.43. The van der Waals surface area contributed by atoms with E-state index in [1.165, 1.54) is 16.8 Å². The number of quaternary nitrogens is 1. The monoisotopic (exact) mass is 415 g/mol. The Morgan fingerprint density at radius 1 is 0.903 bits per heavy atom. The minimum atomic E-state index is 0.438. The van der Waals surface area contributed by atoms with E-state index in [0.29, 0.717) is 6.04 Å². The molecule has 31 heavy (non-hydrogen) atoms. The fraction of sp³-hybridized carbons (Fsp3) is 0.296. The summed E-state index contributed by atoms with van der Waals surface area (Å²) in [5.74, 6) is 1.73. The van der Waals surface area contributed by atoms with Gasteiger partial charge in [0.2, 0.25) is 0 Å². The Bertz CT molecular complexity index is 1020. The number of benzene rings is 3. The van der Waals surface area contributed by atoms with Gasteiger partial charge in [0, 0.05) is 16.8 Å². The van der Waals surface area contributed by atoms with E-state index in [1.807, 2.05) is 43.3 Å². The van der Waals surface area contributed by atoms with Crippen LogP contribution in [0.2, 0.25) is 0 Å². The number of hydrogen-bond acceptors (Lipinski definition) is 3. The molecule has 1 saturated heterocycles. The molecule has 0 saturated carbocycles. The van der Waals surface area contributed by atoms with Gasteiger partial charge in [0.15, 0.2) is 0 Å². The van der Waals surface area contributed by atoms with Gasteiger partial charge >= 0.3 is 0 Å². The van der Waals surface area contributed by atoms with Crippen LogP contribution in [-0.2, 0) is 0 Å². The highest BCUT2D eigenvalue weighted by molar-refractivity contribution is 5.79. The molecule has 0 radical (unpaired) electrons. The molecule has 1 N–H and O–H groups in total. The van der Waals surface area contributed by atoms with Gasteiger partial charge in [-0.05, 0) is 80.4 Å². The van der Waals surface area contributed by atoms with Crippen LogP contribution in [0.1, 0.15) is 40.0 Å². The molecule has 4 heteroatoms. The lowest BCUT2D eigenvalue weighted by Gasteiger charge is -2.37. The molecule has 0 bridgehead atoms.